The van der Waals surface area contributed by atoms with Crippen molar-refractivity contribution in [1.29, 1.82) is 0 Å². The Bertz CT molecular complexity index is 721. The Labute approximate surface area is 117 Å². The number of carbonyl (C=O) groups excluding carboxylic acids is 2. The number of benzene rings is 1. The predicted molar refractivity (Wildman–Crippen MR) is 72.9 cm³/mol. The number of aromatic carboxylic acids is 1. The summed E-state index contributed by atoms with van der Waals surface area (Å²) in [6.07, 6.45) is 1.24. The molecule has 6 nitrogen and oxygen atoms in total. The van der Waals surface area contributed by atoms with Gasteiger partial charge in [-0.1, -0.05) is 11.3 Å². The number of hydrogen-bond acceptors (Lipinski definition) is 5. The largest absolute Gasteiger partial charge is 0.478 e. The third-order valence-corrected chi connectivity index (χ3v) is 4.10. The predicted octanol–water partition coefficient (Wildman–Crippen LogP) is 2.04. The smallest absolute Gasteiger partial charge is 0.335 e. The lowest BCUT2D eigenvalue weighted by Crippen LogP contribution is -2.40. The van der Waals surface area contributed by atoms with Crippen LogP contribution in [0.3, 0.4) is 0 Å². The van der Waals surface area contributed by atoms with E-state index in [0.717, 1.165) is 16.2 Å². The lowest BCUT2D eigenvalue weighted by atomic mass is 10.1. The van der Waals surface area contributed by atoms with Crippen LogP contribution >= 0.6 is 11.3 Å². The highest BCUT2D eigenvalue weighted by atomic mass is 32.1. The molecule has 1 aromatic carbocycles. The van der Waals surface area contributed by atoms with Gasteiger partial charge in [-0.05, 0) is 24.6 Å². The van der Waals surface area contributed by atoms with Crippen LogP contribution in [0.4, 0.5) is 5.13 Å². The summed E-state index contributed by atoms with van der Waals surface area (Å²) in [5.74, 6) is -1.52. The van der Waals surface area contributed by atoms with Crippen molar-refractivity contribution in [3.63, 3.8) is 0 Å². The van der Waals surface area contributed by atoms with Crippen LogP contribution < -0.4 is 4.90 Å². The van der Waals surface area contributed by atoms with Crippen molar-refractivity contribution in [2.45, 2.75) is 19.3 Å². The molecule has 0 unspecified atom stereocenters. The van der Waals surface area contributed by atoms with Crippen LogP contribution in [-0.4, -0.2) is 27.9 Å². The van der Waals surface area contributed by atoms with Crippen molar-refractivity contribution in [3.05, 3.63) is 23.8 Å². The van der Waals surface area contributed by atoms with Gasteiger partial charge < -0.3 is 5.11 Å². The number of carboxylic acids is 1. The molecule has 0 spiro atoms. The monoisotopic (exact) mass is 290 g/mol. The van der Waals surface area contributed by atoms with E-state index >= 15 is 0 Å². The number of fused-ring (bicyclic) bond motifs is 1. The van der Waals surface area contributed by atoms with Gasteiger partial charge in [0, 0.05) is 12.8 Å². The summed E-state index contributed by atoms with van der Waals surface area (Å²) < 4.78 is 0.645. The molecule has 7 heteroatoms. The molecule has 1 aromatic heterocycles. The molecular formula is C13H10N2O4S. The second-order valence-electron chi connectivity index (χ2n) is 4.46. The maximum atomic E-state index is 11.8. The topological polar surface area (TPSA) is 87.6 Å². The fourth-order valence-electron chi connectivity index (χ4n) is 2.11. The molecule has 1 fully saturated rings. The molecule has 20 heavy (non-hydrogen) atoms. The van der Waals surface area contributed by atoms with Crippen molar-refractivity contribution in [2.75, 3.05) is 4.90 Å². The SMILES string of the molecule is O=C(O)c1ccc2nc(N3C(=O)CCCC3=O)sc2c1. The van der Waals surface area contributed by atoms with E-state index < -0.39 is 5.97 Å². The van der Waals surface area contributed by atoms with Gasteiger partial charge in [0.1, 0.15) is 0 Å². The summed E-state index contributed by atoms with van der Waals surface area (Å²) in [6.45, 7) is 0. The Hall–Kier alpha value is -2.28. The maximum Gasteiger partial charge on any atom is 0.335 e. The first-order valence-corrected chi connectivity index (χ1v) is 6.87. The van der Waals surface area contributed by atoms with E-state index in [0.29, 0.717) is 34.6 Å². The Balaban J connectivity index is 2.06. The number of aromatic nitrogens is 1. The molecule has 0 aliphatic carbocycles. The molecule has 2 aromatic rings. The zero-order chi connectivity index (χ0) is 14.3. The third-order valence-electron chi connectivity index (χ3n) is 3.10. The first-order valence-electron chi connectivity index (χ1n) is 6.06. The summed E-state index contributed by atoms with van der Waals surface area (Å²) in [5, 5.41) is 9.27. The van der Waals surface area contributed by atoms with Gasteiger partial charge in [-0.15, -0.1) is 0 Å². The van der Waals surface area contributed by atoms with Gasteiger partial charge in [-0.25, -0.2) is 14.7 Å². The van der Waals surface area contributed by atoms with E-state index in [1.807, 2.05) is 0 Å². The number of thiazole rings is 1. The molecule has 0 bridgehead atoms. The number of nitrogens with zero attached hydrogens (tertiary/aromatic N) is 2. The van der Waals surface area contributed by atoms with Crippen LogP contribution in [0.25, 0.3) is 10.2 Å². The van der Waals surface area contributed by atoms with E-state index in [-0.39, 0.29) is 17.4 Å². The number of imide groups is 1. The highest BCUT2D eigenvalue weighted by Crippen LogP contribution is 2.31. The van der Waals surface area contributed by atoms with Gasteiger partial charge in [0.15, 0.2) is 5.13 Å². The van der Waals surface area contributed by atoms with Crippen LogP contribution in [0.1, 0.15) is 29.6 Å². The minimum absolute atomic E-state index is 0.156. The first kappa shape index (κ1) is 12.7. The molecule has 0 saturated carbocycles. The summed E-state index contributed by atoms with van der Waals surface area (Å²) in [6, 6.07) is 4.53. The Morgan fingerprint density at radius 3 is 2.60 bits per heavy atom. The standard InChI is InChI=1S/C13H10N2O4S/c16-10-2-1-3-11(17)15(10)13-14-8-5-4-7(12(18)19)6-9(8)20-13/h4-6H,1-3H2,(H,18,19). The van der Waals surface area contributed by atoms with E-state index in [2.05, 4.69) is 4.98 Å². The van der Waals surface area contributed by atoms with Gasteiger partial charge in [0.25, 0.3) is 0 Å². The van der Waals surface area contributed by atoms with E-state index in [1.165, 1.54) is 12.1 Å². The van der Waals surface area contributed by atoms with E-state index in [1.54, 1.807) is 6.07 Å². The summed E-state index contributed by atoms with van der Waals surface area (Å²) in [5.41, 5.74) is 0.741. The molecule has 3 rings (SSSR count). The lowest BCUT2D eigenvalue weighted by Gasteiger charge is -2.21. The average Bonchev–Trinajstić information content (AvgIpc) is 2.80. The van der Waals surface area contributed by atoms with Gasteiger partial charge in [-0.2, -0.15) is 0 Å². The number of rotatable bonds is 2. The molecule has 1 aliphatic heterocycles. The number of amides is 2. The van der Waals surface area contributed by atoms with Crippen molar-refractivity contribution < 1.29 is 19.5 Å². The zero-order valence-corrected chi connectivity index (χ0v) is 11.1. The minimum Gasteiger partial charge on any atom is -0.478 e. The van der Waals surface area contributed by atoms with Crippen molar-refractivity contribution in [3.8, 4) is 0 Å². The molecule has 1 saturated heterocycles. The van der Waals surface area contributed by atoms with Crippen LogP contribution in [0.2, 0.25) is 0 Å². The summed E-state index contributed by atoms with van der Waals surface area (Å²) in [4.78, 5) is 39.9. The number of hydrogen-bond donors (Lipinski definition) is 1. The zero-order valence-electron chi connectivity index (χ0n) is 10.3. The number of carboxylic acid groups (broad SMARTS) is 1. The Morgan fingerprint density at radius 2 is 1.95 bits per heavy atom. The Morgan fingerprint density at radius 1 is 1.25 bits per heavy atom. The van der Waals surface area contributed by atoms with Crippen molar-refractivity contribution in [1.82, 2.24) is 4.98 Å². The summed E-state index contributed by atoms with van der Waals surface area (Å²) in [7, 11) is 0. The molecule has 2 amide bonds. The third kappa shape index (κ3) is 2.05. The minimum atomic E-state index is -1.02. The number of carbonyl (C=O) groups is 3. The van der Waals surface area contributed by atoms with Gasteiger partial charge in [-0.3, -0.25) is 9.59 Å². The van der Waals surface area contributed by atoms with E-state index in [4.69, 9.17) is 5.11 Å². The fraction of sp³-hybridized carbons (Fsp3) is 0.231. The molecular weight excluding hydrogens is 280 g/mol. The Kier molecular flexibility index (Phi) is 2.98. The van der Waals surface area contributed by atoms with E-state index in [9.17, 15) is 14.4 Å². The van der Waals surface area contributed by atoms with Crippen LogP contribution in [0, 0.1) is 0 Å². The molecule has 102 valence electrons. The normalized spacial score (nSPS) is 15.9. The fourth-order valence-corrected chi connectivity index (χ4v) is 3.15. The average molecular weight is 290 g/mol. The number of piperidine rings is 1. The summed E-state index contributed by atoms with van der Waals surface area (Å²) >= 11 is 1.15. The maximum absolute atomic E-state index is 11.8. The lowest BCUT2D eigenvalue weighted by molar-refractivity contribution is -0.129. The molecule has 0 radical (unpaired) electrons. The van der Waals surface area contributed by atoms with Crippen LogP contribution in [0.5, 0.6) is 0 Å². The second-order valence-corrected chi connectivity index (χ2v) is 5.47. The molecule has 0 atom stereocenters. The molecule has 2 heterocycles. The second kappa shape index (κ2) is 4.68. The first-order chi connectivity index (χ1) is 9.56. The van der Waals surface area contributed by atoms with Crippen LogP contribution in [0.15, 0.2) is 18.2 Å². The van der Waals surface area contributed by atoms with Crippen molar-refractivity contribution in [2.24, 2.45) is 0 Å². The highest BCUT2D eigenvalue weighted by molar-refractivity contribution is 7.22. The highest BCUT2D eigenvalue weighted by Gasteiger charge is 2.29. The van der Waals surface area contributed by atoms with Crippen molar-refractivity contribution >= 4 is 44.5 Å². The van der Waals surface area contributed by atoms with Crippen LogP contribution in [-0.2, 0) is 9.59 Å². The molecule has 1 aliphatic rings. The van der Waals surface area contributed by atoms with Gasteiger partial charge in [0.2, 0.25) is 11.8 Å². The van der Waals surface area contributed by atoms with Gasteiger partial charge in [0.05, 0.1) is 15.8 Å². The number of anilines is 1. The quantitative estimate of drug-likeness (QED) is 0.855. The molecule has 1 N–H and O–H groups in total. The van der Waals surface area contributed by atoms with Gasteiger partial charge >= 0.3 is 5.97 Å².